The number of thiazole rings is 1. The van der Waals surface area contributed by atoms with Crippen molar-refractivity contribution >= 4 is 39.1 Å². The zero-order valence-corrected chi connectivity index (χ0v) is 16.9. The second-order valence-corrected chi connectivity index (χ2v) is 7.42. The second kappa shape index (κ2) is 8.36. The third kappa shape index (κ3) is 4.24. The molecule has 0 N–H and O–H groups in total. The molecule has 2 aromatic carbocycles. The number of amides is 1. The van der Waals surface area contributed by atoms with Gasteiger partial charge < -0.3 is 9.64 Å². The van der Waals surface area contributed by atoms with Gasteiger partial charge in [-0.05, 0) is 32.0 Å². The average Bonchev–Trinajstić information content (AvgIpc) is 3.16. The summed E-state index contributed by atoms with van der Waals surface area (Å²) >= 11 is 1.48. The van der Waals surface area contributed by atoms with E-state index in [-0.39, 0.29) is 29.5 Å². The lowest BCUT2D eigenvalue weighted by molar-refractivity contribution is -0.384. The van der Waals surface area contributed by atoms with Gasteiger partial charge >= 0.3 is 5.97 Å². The maximum atomic E-state index is 13.0. The fourth-order valence-corrected chi connectivity index (χ4v) is 3.85. The number of aromatic nitrogens is 1. The Morgan fingerprint density at radius 3 is 2.59 bits per heavy atom. The molecule has 0 aliphatic rings. The molecular weight excluding hydrogens is 394 g/mol. The van der Waals surface area contributed by atoms with Crippen LogP contribution in [-0.4, -0.2) is 40.3 Å². The quantitative estimate of drug-likeness (QED) is 0.341. The average molecular weight is 413 g/mol. The number of nitro benzene ring substituents is 1. The number of para-hydroxylation sites is 1. The van der Waals surface area contributed by atoms with Gasteiger partial charge in [0, 0.05) is 24.7 Å². The Morgan fingerprint density at radius 1 is 1.24 bits per heavy atom. The van der Waals surface area contributed by atoms with Crippen molar-refractivity contribution in [3.63, 3.8) is 0 Å². The van der Waals surface area contributed by atoms with Crippen LogP contribution in [0.3, 0.4) is 0 Å². The Balaban J connectivity index is 1.93. The maximum absolute atomic E-state index is 13.0. The molecule has 9 heteroatoms. The first kappa shape index (κ1) is 20.4. The fourth-order valence-electron chi connectivity index (χ4n) is 2.79. The first-order valence-electron chi connectivity index (χ1n) is 8.91. The molecule has 0 saturated heterocycles. The highest BCUT2D eigenvalue weighted by Gasteiger charge is 2.25. The molecule has 1 aromatic heterocycles. The summed E-state index contributed by atoms with van der Waals surface area (Å²) in [4.78, 5) is 41.7. The second-order valence-electron chi connectivity index (χ2n) is 6.36. The van der Waals surface area contributed by atoms with E-state index in [1.54, 1.807) is 14.0 Å². The molecular formula is C20H19N3O5S. The predicted octanol–water partition coefficient (Wildman–Crippen LogP) is 4.21. The van der Waals surface area contributed by atoms with Crippen molar-refractivity contribution in [2.75, 3.05) is 13.7 Å². The first-order valence-corrected chi connectivity index (χ1v) is 9.72. The van der Waals surface area contributed by atoms with E-state index >= 15 is 0 Å². The van der Waals surface area contributed by atoms with Crippen LogP contribution in [0.2, 0.25) is 0 Å². The van der Waals surface area contributed by atoms with Crippen molar-refractivity contribution in [1.29, 1.82) is 0 Å². The molecule has 1 amide bonds. The number of nitrogens with zero attached hydrogens (tertiary/aromatic N) is 3. The van der Waals surface area contributed by atoms with Gasteiger partial charge in [-0.25, -0.2) is 9.78 Å². The van der Waals surface area contributed by atoms with Gasteiger partial charge in [-0.2, -0.15) is 0 Å². The largest absolute Gasteiger partial charge is 0.462 e. The van der Waals surface area contributed by atoms with Crippen LogP contribution >= 0.6 is 11.3 Å². The minimum atomic E-state index is -0.716. The minimum Gasteiger partial charge on any atom is -0.462 e. The van der Waals surface area contributed by atoms with Gasteiger partial charge in [0.05, 0.1) is 33.4 Å². The highest BCUT2D eigenvalue weighted by atomic mass is 32.1. The van der Waals surface area contributed by atoms with Crippen molar-refractivity contribution in [1.82, 2.24) is 9.88 Å². The topological polar surface area (TPSA) is 103 Å². The number of rotatable bonds is 6. The van der Waals surface area contributed by atoms with Crippen LogP contribution in [0, 0.1) is 10.1 Å². The van der Waals surface area contributed by atoms with E-state index in [1.165, 1.54) is 22.3 Å². The summed E-state index contributed by atoms with van der Waals surface area (Å²) < 4.78 is 5.92. The number of fused-ring (bicyclic) bond motifs is 1. The zero-order chi connectivity index (χ0) is 21.1. The highest BCUT2D eigenvalue weighted by Crippen LogP contribution is 2.30. The Labute approximate surface area is 170 Å². The smallest absolute Gasteiger partial charge is 0.338 e. The number of hydrogen-bond acceptors (Lipinski definition) is 7. The van der Waals surface area contributed by atoms with E-state index in [1.807, 2.05) is 31.2 Å². The lowest BCUT2D eigenvalue weighted by Crippen LogP contribution is -2.29. The maximum Gasteiger partial charge on any atom is 0.338 e. The Kier molecular flexibility index (Phi) is 5.88. The Bertz CT molecular complexity index is 1060. The summed E-state index contributed by atoms with van der Waals surface area (Å²) in [5, 5.41) is 12.0. The van der Waals surface area contributed by atoms with Crippen LogP contribution in [0.1, 0.15) is 45.6 Å². The Hall–Kier alpha value is -3.33. The fraction of sp³-hybridized carbons (Fsp3) is 0.250. The van der Waals surface area contributed by atoms with Gasteiger partial charge in [0.2, 0.25) is 0 Å². The van der Waals surface area contributed by atoms with Crippen LogP contribution in [-0.2, 0) is 4.74 Å². The van der Waals surface area contributed by atoms with E-state index in [0.29, 0.717) is 0 Å². The van der Waals surface area contributed by atoms with Gasteiger partial charge in [0.1, 0.15) is 5.01 Å². The number of benzene rings is 2. The number of carbonyl (C=O) groups is 2. The molecule has 0 aliphatic heterocycles. The van der Waals surface area contributed by atoms with Gasteiger partial charge in [0.25, 0.3) is 11.6 Å². The van der Waals surface area contributed by atoms with E-state index < -0.39 is 16.8 Å². The third-order valence-electron chi connectivity index (χ3n) is 4.46. The third-order valence-corrected chi connectivity index (χ3v) is 5.66. The summed E-state index contributed by atoms with van der Waals surface area (Å²) in [7, 11) is 1.60. The van der Waals surface area contributed by atoms with Crippen molar-refractivity contribution in [2.45, 2.75) is 19.9 Å². The van der Waals surface area contributed by atoms with E-state index in [4.69, 9.17) is 4.74 Å². The molecule has 0 spiro atoms. The van der Waals surface area contributed by atoms with Crippen LogP contribution in [0.25, 0.3) is 10.2 Å². The predicted molar refractivity (Wildman–Crippen MR) is 109 cm³/mol. The minimum absolute atomic E-state index is 0.0366. The normalized spacial score (nSPS) is 11.8. The standard InChI is InChI=1S/C20H19N3O5S/c1-4-28-20(25)14-9-13(10-15(11-14)23(26)27)19(24)22(3)12(2)18-21-16-7-5-6-8-17(16)29-18/h5-12H,4H2,1-3H3. The van der Waals surface area contributed by atoms with E-state index in [0.717, 1.165) is 27.4 Å². The molecule has 0 bridgehead atoms. The number of ether oxygens (including phenoxy) is 1. The molecule has 29 heavy (non-hydrogen) atoms. The SMILES string of the molecule is CCOC(=O)c1cc(C(=O)N(C)C(C)c2nc3ccccc3s2)cc([N+](=O)[O-])c1. The van der Waals surface area contributed by atoms with Crippen molar-refractivity contribution in [3.8, 4) is 0 Å². The number of carbonyl (C=O) groups excluding carboxylic acids is 2. The monoisotopic (exact) mass is 413 g/mol. The number of non-ortho nitro benzene ring substituents is 1. The van der Waals surface area contributed by atoms with Crippen LogP contribution in [0.4, 0.5) is 5.69 Å². The summed E-state index contributed by atoms with van der Waals surface area (Å²) in [6.07, 6.45) is 0. The zero-order valence-electron chi connectivity index (χ0n) is 16.1. The van der Waals surface area contributed by atoms with Gasteiger partial charge in [-0.15, -0.1) is 11.3 Å². The number of esters is 1. The molecule has 1 unspecified atom stereocenters. The lowest BCUT2D eigenvalue weighted by Gasteiger charge is -2.23. The summed E-state index contributed by atoms with van der Waals surface area (Å²) in [6.45, 7) is 3.59. The van der Waals surface area contributed by atoms with Crippen molar-refractivity contribution in [3.05, 3.63) is 68.7 Å². The van der Waals surface area contributed by atoms with Gasteiger partial charge in [-0.3, -0.25) is 14.9 Å². The molecule has 0 fully saturated rings. The van der Waals surface area contributed by atoms with Crippen molar-refractivity contribution < 1.29 is 19.2 Å². The van der Waals surface area contributed by atoms with Crippen molar-refractivity contribution in [2.24, 2.45) is 0 Å². The lowest BCUT2D eigenvalue weighted by atomic mass is 10.1. The van der Waals surface area contributed by atoms with Gasteiger partial charge in [-0.1, -0.05) is 12.1 Å². The molecule has 150 valence electrons. The number of nitro groups is 1. The van der Waals surface area contributed by atoms with Crippen LogP contribution in [0.5, 0.6) is 0 Å². The molecule has 0 radical (unpaired) electrons. The van der Waals surface area contributed by atoms with Gasteiger partial charge in [0.15, 0.2) is 0 Å². The molecule has 1 atom stereocenters. The first-order chi connectivity index (χ1) is 13.8. The molecule has 3 rings (SSSR count). The molecule has 1 heterocycles. The molecule has 8 nitrogen and oxygen atoms in total. The highest BCUT2D eigenvalue weighted by molar-refractivity contribution is 7.18. The Morgan fingerprint density at radius 2 is 1.93 bits per heavy atom. The van der Waals surface area contributed by atoms with E-state index in [2.05, 4.69) is 4.98 Å². The molecule has 3 aromatic rings. The van der Waals surface area contributed by atoms with Crippen LogP contribution < -0.4 is 0 Å². The number of hydrogen-bond donors (Lipinski definition) is 0. The summed E-state index contributed by atoms with van der Waals surface area (Å²) in [5.74, 6) is -1.17. The molecule has 0 aliphatic carbocycles. The van der Waals surface area contributed by atoms with E-state index in [9.17, 15) is 19.7 Å². The summed E-state index contributed by atoms with van der Waals surface area (Å²) in [5.41, 5.74) is 0.503. The molecule has 0 saturated carbocycles. The summed E-state index contributed by atoms with van der Waals surface area (Å²) in [6, 6.07) is 10.9. The van der Waals surface area contributed by atoms with Crippen LogP contribution in [0.15, 0.2) is 42.5 Å².